The van der Waals surface area contributed by atoms with Gasteiger partial charge in [0.1, 0.15) is 11.4 Å². The molecular weight excluding hydrogens is 434 g/mol. The molecule has 3 rings (SSSR count). The van der Waals surface area contributed by atoms with Crippen LogP contribution in [0.1, 0.15) is 37.7 Å². The van der Waals surface area contributed by atoms with Crippen LogP contribution < -0.4 is 11.1 Å². The van der Waals surface area contributed by atoms with Crippen LogP contribution in [0, 0.1) is 11.7 Å². The van der Waals surface area contributed by atoms with Crippen molar-refractivity contribution in [2.24, 2.45) is 11.7 Å². The lowest BCUT2D eigenvalue weighted by Crippen LogP contribution is -2.61. The Morgan fingerprint density at radius 2 is 1.88 bits per heavy atom. The number of nitrogens with two attached hydrogens (primary N) is 1. The van der Waals surface area contributed by atoms with Crippen molar-refractivity contribution in [2.45, 2.75) is 56.5 Å². The van der Waals surface area contributed by atoms with Gasteiger partial charge in [-0.25, -0.2) is 4.39 Å². The number of hydrogen-bond acceptors (Lipinski definition) is 5. The fourth-order valence-corrected chi connectivity index (χ4v) is 4.36. The Labute approximate surface area is 192 Å². The van der Waals surface area contributed by atoms with E-state index in [9.17, 15) is 14.3 Å². The zero-order chi connectivity index (χ0) is 23.3. The SMILES string of the molecule is NC(CCCCB(O)O)(C(=O)O)C1CC(NCc2ccc(-c3ccc(Cl)cc3)c(F)c2)C1. The number of aliphatic carboxylic acids is 1. The molecule has 9 heteroatoms. The average molecular weight is 463 g/mol. The Morgan fingerprint density at radius 1 is 1.19 bits per heavy atom. The van der Waals surface area contributed by atoms with Crippen LogP contribution in [0.3, 0.4) is 0 Å². The summed E-state index contributed by atoms with van der Waals surface area (Å²) in [5.74, 6) is -1.48. The quantitative estimate of drug-likeness (QED) is 0.258. The fourth-order valence-electron chi connectivity index (χ4n) is 4.23. The van der Waals surface area contributed by atoms with Crippen LogP contribution in [0.25, 0.3) is 11.1 Å². The number of rotatable bonds is 11. The molecule has 1 aliphatic carbocycles. The van der Waals surface area contributed by atoms with Gasteiger partial charge in [0.05, 0.1) is 0 Å². The van der Waals surface area contributed by atoms with Crippen LogP contribution in [0.4, 0.5) is 4.39 Å². The third kappa shape index (κ3) is 6.08. The first kappa shape index (κ1) is 24.7. The van der Waals surface area contributed by atoms with E-state index in [0.717, 1.165) is 11.1 Å². The van der Waals surface area contributed by atoms with Crippen LogP contribution in [0.5, 0.6) is 0 Å². The molecule has 2 aromatic rings. The number of hydrogen-bond donors (Lipinski definition) is 5. The van der Waals surface area contributed by atoms with Gasteiger partial charge in [-0.3, -0.25) is 4.79 Å². The lowest BCUT2D eigenvalue weighted by molar-refractivity contribution is -0.148. The molecule has 1 atom stereocenters. The molecule has 6 N–H and O–H groups in total. The molecule has 0 aromatic heterocycles. The summed E-state index contributed by atoms with van der Waals surface area (Å²) in [5.41, 5.74) is 6.99. The molecule has 1 aliphatic rings. The minimum absolute atomic E-state index is 0.126. The number of unbranched alkanes of at least 4 members (excludes halogenated alkanes) is 1. The van der Waals surface area contributed by atoms with Crippen molar-refractivity contribution in [1.29, 1.82) is 0 Å². The Kier molecular flexibility index (Phi) is 8.30. The van der Waals surface area contributed by atoms with E-state index in [0.29, 0.717) is 49.2 Å². The summed E-state index contributed by atoms with van der Waals surface area (Å²) >= 11 is 5.89. The second-order valence-electron chi connectivity index (χ2n) is 8.64. The largest absolute Gasteiger partial charge is 0.480 e. The summed E-state index contributed by atoms with van der Waals surface area (Å²) in [4.78, 5) is 11.8. The summed E-state index contributed by atoms with van der Waals surface area (Å²) in [6, 6.07) is 12.3. The number of carboxylic acids is 1. The summed E-state index contributed by atoms with van der Waals surface area (Å²) < 4.78 is 14.6. The van der Waals surface area contributed by atoms with E-state index in [4.69, 9.17) is 27.4 Å². The lowest BCUT2D eigenvalue weighted by Gasteiger charge is -2.45. The highest BCUT2D eigenvalue weighted by atomic mass is 35.5. The maximum Gasteiger partial charge on any atom is 0.451 e. The number of nitrogens with one attached hydrogen (secondary N) is 1. The van der Waals surface area contributed by atoms with Crippen LogP contribution in [0.2, 0.25) is 11.3 Å². The zero-order valence-corrected chi connectivity index (χ0v) is 18.6. The van der Waals surface area contributed by atoms with Gasteiger partial charge >= 0.3 is 13.1 Å². The Morgan fingerprint density at radius 3 is 2.47 bits per heavy atom. The monoisotopic (exact) mass is 462 g/mol. The molecular formula is C23H29BClFN2O4. The van der Waals surface area contributed by atoms with Crippen LogP contribution in [0.15, 0.2) is 42.5 Å². The van der Waals surface area contributed by atoms with Crippen LogP contribution in [-0.4, -0.2) is 39.8 Å². The van der Waals surface area contributed by atoms with Gasteiger partial charge in [-0.05, 0) is 60.8 Å². The highest BCUT2D eigenvalue weighted by Crippen LogP contribution is 2.38. The molecule has 0 heterocycles. The molecule has 1 fully saturated rings. The fraction of sp³-hybridized carbons (Fsp3) is 0.435. The van der Waals surface area contributed by atoms with Gasteiger partial charge in [0.2, 0.25) is 0 Å². The van der Waals surface area contributed by atoms with E-state index in [1.54, 1.807) is 30.3 Å². The summed E-state index contributed by atoms with van der Waals surface area (Å²) in [6.45, 7) is 0.480. The van der Waals surface area contributed by atoms with Crippen molar-refractivity contribution in [1.82, 2.24) is 5.32 Å². The predicted molar refractivity (Wildman–Crippen MR) is 124 cm³/mol. The Hall–Kier alpha value is -1.97. The number of benzene rings is 2. The summed E-state index contributed by atoms with van der Waals surface area (Å²) in [6.07, 6.45) is 2.80. The van der Waals surface area contributed by atoms with Gasteiger partial charge in [0, 0.05) is 23.2 Å². The van der Waals surface area contributed by atoms with Gasteiger partial charge in [-0.1, -0.05) is 48.7 Å². The van der Waals surface area contributed by atoms with E-state index in [2.05, 4.69) is 5.32 Å². The number of carbonyl (C=O) groups is 1. The first-order valence-electron chi connectivity index (χ1n) is 10.8. The van der Waals surface area contributed by atoms with Crippen molar-refractivity contribution < 1.29 is 24.3 Å². The van der Waals surface area contributed by atoms with Gasteiger partial charge < -0.3 is 26.2 Å². The minimum atomic E-state index is -1.38. The van der Waals surface area contributed by atoms with E-state index < -0.39 is 18.6 Å². The molecule has 0 bridgehead atoms. The third-order valence-electron chi connectivity index (χ3n) is 6.35. The van der Waals surface area contributed by atoms with Crippen molar-refractivity contribution in [3.63, 3.8) is 0 Å². The predicted octanol–water partition coefficient (Wildman–Crippen LogP) is 3.44. The molecule has 2 aromatic carbocycles. The molecule has 32 heavy (non-hydrogen) atoms. The smallest absolute Gasteiger partial charge is 0.451 e. The van der Waals surface area contributed by atoms with E-state index >= 15 is 0 Å². The Balaban J connectivity index is 1.50. The van der Waals surface area contributed by atoms with Crippen molar-refractivity contribution in [3.8, 4) is 11.1 Å². The van der Waals surface area contributed by atoms with E-state index in [1.807, 2.05) is 6.07 Å². The lowest BCUT2D eigenvalue weighted by atomic mass is 9.66. The van der Waals surface area contributed by atoms with Crippen LogP contribution in [-0.2, 0) is 11.3 Å². The first-order valence-corrected chi connectivity index (χ1v) is 11.2. The maximum absolute atomic E-state index is 14.6. The third-order valence-corrected chi connectivity index (χ3v) is 6.60. The van der Waals surface area contributed by atoms with Crippen molar-refractivity contribution in [3.05, 3.63) is 58.9 Å². The second kappa shape index (κ2) is 10.8. The molecule has 0 amide bonds. The number of halogens is 2. The average Bonchev–Trinajstić information content (AvgIpc) is 2.70. The van der Waals surface area contributed by atoms with Crippen molar-refractivity contribution >= 4 is 24.7 Å². The molecule has 1 saturated carbocycles. The highest BCUT2D eigenvalue weighted by Gasteiger charge is 2.48. The molecule has 1 unspecified atom stereocenters. The maximum atomic E-state index is 14.6. The van der Waals surface area contributed by atoms with Gasteiger partial charge in [0.25, 0.3) is 0 Å². The Bertz CT molecular complexity index is 925. The molecule has 0 spiro atoms. The van der Waals surface area contributed by atoms with Gasteiger partial charge in [0.15, 0.2) is 0 Å². The highest BCUT2D eigenvalue weighted by molar-refractivity contribution is 6.40. The van der Waals surface area contributed by atoms with Crippen LogP contribution >= 0.6 is 11.6 Å². The second-order valence-corrected chi connectivity index (χ2v) is 9.08. The van der Waals surface area contributed by atoms with E-state index in [-0.39, 0.29) is 24.1 Å². The molecule has 0 aliphatic heterocycles. The topological polar surface area (TPSA) is 116 Å². The first-order chi connectivity index (χ1) is 15.2. The van der Waals surface area contributed by atoms with Crippen molar-refractivity contribution in [2.75, 3.05) is 0 Å². The summed E-state index contributed by atoms with van der Waals surface area (Å²) in [7, 11) is -1.38. The molecule has 0 saturated heterocycles. The molecule has 6 nitrogen and oxygen atoms in total. The number of carboxylic acid groups (broad SMARTS) is 1. The molecule has 0 radical (unpaired) electrons. The van der Waals surface area contributed by atoms with Gasteiger partial charge in [-0.2, -0.15) is 0 Å². The van der Waals surface area contributed by atoms with Gasteiger partial charge in [-0.15, -0.1) is 0 Å². The summed E-state index contributed by atoms with van der Waals surface area (Å²) in [5, 5.41) is 31.4. The minimum Gasteiger partial charge on any atom is -0.480 e. The molecule has 172 valence electrons. The standard InChI is InChI=1S/C23H29BClFN2O4/c25-18-6-4-16(5-7-18)20-8-3-15(11-21(20)26)14-28-19-12-17(13-19)23(27,22(29)30)9-1-2-10-24(31)32/h3-8,11,17,19,28,31-32H,1-2,9-10,12-14,27H2,(H,29,30). The normalized spacial score (nSPS) is 19.8. The van der Waals surface area contributed by atoms with E-state index in [1.165, 1.54) is 6.07 Å². The zero-order valence-electron chi connectivity index (χ0n) is 17.8.